The fraction of sp³-hybridized carbons (Fsp3) is 0.400. The van der Waals surface area contributed by atoms with E-state index in [-0.39, 0.29) is 12.1 Å². The van der Waals surface area contributed by atoms with E-state index < -0.39 is 0 Å². The van der Waals surface area contributed by atoms with Gasteiger partial charge in [-0.25, -0.2) is 4.79 Å². The van der Waals surface area contributed by atoms with Crippen LogP contribution in [0.25, 0.3) is 0 Å². The molecule has 1 N–H and O–H groups in total. The monoisotopic (exact) mass is 498 g/mol. The summed E-state index contributed by atoms with van der Waals surface area (Å²) in [6.07, 6.45) is 4.30. The molecule has 32 heavy (non-hydrogen) atoms. The van der Waals surface area contributed by atoms with Gasteiger partial charge in [-0.15, -0.1) is 0 Å². The van der Waals surface area contributed by atoms with Gasteiger partial charge in [-0.05, 0) is 56.1 Å². The number of nitrogens with zero attached hydrogens (tertiary/aromatic N) is 3. The van der Waals surface area contributed by atoms with E-state index in [0.717, 1.165) is 29.0 Å². The molecule has 2 aromatic carbocycles. The zero-order valence-electron chi connectivity index (χ0n) is 18.9. The number of carbonyl (C=O) groups is 1. The van der Waals surface area contributed by atoms with Crippen LogP contribution in [-0.2, 0) is 0 Å². The Morgan fingerprint density at radius 3 is 2.44 bits per heavy atom. The molecule has 0 saturated carbocycles. The normalized spacial score (nSPS) is 24.2. The lowest BCUT2D eigenvalue weighted by Gasteiger charge is -2.57. The molecule has 2 aliphatic rings. The first kappa shape index (κ1) is 22.8. The van der Waals surface area contributed by atoms with Crippen molar-refractivity contribution < 1.29 is 9.53 Å². The van der Waals surface area contributed by atoms with Gasteiger partial charge in [-0.2, -0.15) is 0 Å². The number of fused-ring (bicyclic) bond motifs is 1. The summed E-state index contributed by atoms with van der Waals surface area (Å²) in [6.45, 7) is 3.21. The Hall–Kier alpha value is -2.35. The third-order valence-corrected chi connectivity index (χ3v) is 6.86. The molecule has 0 radical (unpaired) electrons. The van der Waals surface area contributed by atoms with E-state index >= 15 is 0 Å². The van der Waals surface area contributed by atoms with Crippen LogP contribution >= 0.6 is 15.9 Å². The number of methoxy groups -OCH3 is 1. The van der Waals surface area contributed by atoms with Crippen molar-refractivity contribution in [1.82, 2.24) is 14.7 Å². The highest BCUT2D eigenvalue weighted by Crippen LogP contribution is 2.42. The van der Waals surface area contributed by atoms with Crippen molar-refractivity contribution in [3.63, 3.8) is 0 Å². The second-order valence-corrected chi connectivity index (χ2v) is 9.62. The average Bonchev–Trinajstić information content (AvgIpc) is 2.76. The minimum Gasteiger partial charge on any atom is -0.497 e. The molecule has 3 atom stereocenters. The third-order valence-electron chi connectivity index (χ3n) is 6.33. The van der Waals surface area contributed by atoms with Gasteiger partial charge in [0.25, 0.3) is 0 Å². The van der Waals surface area contributed by atoms with Crippen LogP contribution in [0.5, 0.6) is 5.75 Å². The maximum atomic E-state index is 13.1. The molecule has 2 aromatic rings. The molecule has 1 saturated heterocycles. The number of nitrogens with one attached hydrogen (secondary N) is 1. The van der Waals surface area contributed by atoms with Gasteiger partial charge in [0.05, 0.1) is 7.11 Å². The Morgan fingerprint density at radius 2 is 1.78 bits per heavy atom. The molecule has 0 spiro atoms. The maximum Gasteiger partial charge on any atom is 0.322 e. The molecule has 0 unspecified atom stereocenters. The Balaban J connectivity index is 1.53. The van der Waals surface area contributed by atoms with Crippen molar-refractivity contribution in [3.8, 4) is 5.75 Å². The van der Waals surface area contributed by atoms with Crippen LogP contribution in [0.15, 0.2) is 65.2 Å². The number of rotatable bonds is 5. The molecule has 170 valence electrons. The van der Waals surface area contributed by atoms with E-state index in [9.17, 15) is 4.79 Å². The van der Waals surface area contributed by atoms with Gasteiger partial charge in [0.1, 0.15) is 5.75 Å². The number of likely N-dealkylation sites (N-methyl/N-ethyl adjacent to an activating group) is 1. The van der Waals surface area contributed by atoms with Gasteiger partial charge in [-0.1, -0.05) is 40.2 Å². The van der Waals surface area contributed by atoms with Crippen molar-refractivity contribution in [2.24, 2.45) is 0 Å². The molecule has 6 nitrogen and oxygen atoms in total. The summed E-state index contributed by atoms with van der Waals surface area (Å²) in [4.78, 5) is 19.8. The van der Waals surface area contributed by atoms with E-state index in [2.05, 4.69) is 81.6 Å². The maximum absolute atomic E-state index is 13.1. The smallest absolute Gasteiger partial charge is 0.322 e. The van der Waals surface area contributed by atoms with Crippen LogP contribution in [-0.4, -0.2) is 80.2 Å². The fourth-order valence-electron chi connectivity index (χ4n) is 4.77. The summed E-state index contributed by atoms with van der Waals surface area (Å²) >= 11 is 3.55. The number of amides is 2. The predicted octanol–water partition coefficient (Wildman–Crippen LogP) is 4.26. The van der Waals surface area contributed by atoms with Gasteiger partial charge < -0.3 is 19.9 Å². The highest BCUT2D eigenvalue weighted by atomic mass is 79.9. The van der Waals surface area contributed by atoms with E-state index in [1.807, 2.05) is 29.2 Å². The molecule has 7 heteroatoms. The average molecular weight is 499 g/mol. The standard InChI is InChI=1S/C25H31BrN4O2/c1-28(2)16-22-24(18-6-8-19(26)9-7-18)23-17-29(14-4-5-15-30(22)23)25(31)27-20-10-12-21(32-3)13-11-20/h4-13,22-24H,14-17H2,1-3H3,(H,27,31)/b5-4-/t22-,23+,24+/m1/s1. The van der Waals surface area contributed by atoms with Gasteiger partial charge in [-0.3, -0.25) is 4.90 Å². The SMILES string of the molecule is COc1ccc(NC(=O)N2C/C=C\CN3[C@H](CN(C)C)[C@H](c4ccc(Br)cc4)[C@@H]3C2)cc1. The van der Waals surface area contributed by atoms with Gasteiger partial charge >= 0.3 is 6.03 Å². The van der Waals surface area contributed by atoms with Crippen molar-refractivity contribution in [3.05, 3.63) is 70.7 Å². The largest absolute Gasteiger partial charge is 0.497 e. The predicted molar refractivity (Wildman–Crippen MR) is 132 cm³/mol. The number of urea groups is 1. The molecule has 0 bridgehead atoms. The molecule has 2 aliphatic heterocycles. The summed E-state index contributed by atoms with van der Waals surface area (Å²) < 4.78 is 6.29. The van der Waals surface area contributed by atoms with Gasteiger partial charge in [0.2, 0.25) is 0 Å². The van der Waals surface area contributed by atoms with Crippen molar-refractivity contribution in [1.29, 1.82) is 0 Å². The second-order valence-electron chi connectivity index (χ2n) is 8.71. The van der Waals surface area contributed by atoms with Gasteiger partial charge in [0, 0.05) is 54.3 Å². The molecule has 1 fully saturated rings. The first-order valence-corrected chi connectivity index (χ1v) is 11.8. The summed E-state index contributed by atoms with van der Waals surface area (Å²) in [6, 6.07) is 16.7. The van der Waals surface area contributed by atoms with Crippen molar-refractivity contribution >= 4 is 27.6 Å². The van der Waals surface area contributed by atoms with E-state index in [0.29, 0.717) is 25.0 Å². The number of ether oxygens (including phenoxy) is 1. The number of hydrogen-bond donors (Lipinski definition) is 1. The molecule has 2 heterocycles. The third kappa shape index (κ3) is 5.00. The van der Waals surface area contributed by atoms with E-state index in [1.165, 1.54) is 5.56 Å². The molecule has 0 aromatic heterocycles. The first-order valence-electron chi connectivity index (χ1n) is 11.0. The minimum absolute atomic E-state index is 0.0766. The number of hydrogen-bond acceptors (Lipinski definition) is 4. The number of halogens is 1. The molecular formula is C25H31BrN4O2. The Labute approximate surface area is 199 Å². The Kier molecular flexibility index (Phi) is 7.18. The van der Waals surface area contributed by atoms with Crippen molar-refractivity contribution in [2.45, 2.75) is 18.0 Å². The summed E-state index contributed by atoms with van der Waals surface area (Å²) in [5.41, 5.74) is 2.10. The molecule has 2 amide bonds. The first-order chi connectivity index (χ1) is 15.5. The van der Waals surface area contributed by atoms with Crippen LogP contribution in [0.2, 0.25) is 0 Å². The van der Waals surface area contributed by atoms with Crippen LogP contribution in [0.1, 0.15) is 11.5 Å². The van der Waals surface area contributed by atoms with Gasteiger partial charge in [0.15, 0.2) is 0 Å². The zero-order chi connectivity index (χ0) is 22.7. The summed E-state index contributed by atoms with van der Waals surface area (Å²) in [7, 11) is 5.89. The number of carbonyl (C=O) groups excluding carboxylic acids is 1. The lowest BCUT2D eigenvalue weighted by Crippen LogP contribution is -2.68. The molecular weight excluding hydrogens is 468 g/mol. The summed E-state index contributed by atoms with van der Waals surface area (Å²) in [5.74, 6) is 1.15. The number of anilines is 1. The fourth-order valence-corrected chi connectivity index (χ4v) is 5.03. The Bertz CT molecular complexity index is 945. The topological polar surface area (TPSA) is 48.1 Å². The lowest BCUT2D eigenvalue weighted by molar-refractivity contribution is -0.0288. The highest BCUT2D eigenvalue weighted by Gasteiger charge is 2.49. The van der Waals surface area contributed by atoms with Crippen LogP contribution < -0.4 is 10.1 Å². The molecule has 4 rings (SSSR count). The van der Waals surface area contributed by atoms with E-state index in [4.69, 9.17) is 4.74 Å². The second kappa shape index (κ2) is 10.1. The van der Waals surface area contributed by atoms with Crippen LogP contribution in [0.4, 0.5) is 10.5 Å². The number of benzene rings is 2. The van der Waals surface area contributed by atoms with Crippen LogP contribution in [0.3, 0.4) is 0 Å². The van der Waals surface area contributed by atoms with E-state index in [1.54, 1.807) is 7.11 Å². The molecule has 0 aliphatic carbocycles. The zero-order valence-corrected chi connectivity index (χ0v) is 20.5. The van der Waals surface area contributed by atoms with Crippen molar-refractivity contribution in [2.75, 3.05) is 52.7 Å². The quantitative estimate of drug-likeness (QED) is 0.625. The minimum atomic E-state index is -0.0766. The lowest BCUT2D eigenvalue weighted by atomic mass is 9.74. The highest BCUT2D eigenvalue weighted by molar-refractivity contribution is 9.10. The van der Waals surface area contributed by atoms with Crippen LogP contribution in [0, 0.1) is 0 Å². The Morgan fingerprint density at radius 1 is 1.09 bits per heavy atom. The summed E-state index contributed by atoms with van der Waals surface area (Å²) in [5, 5.41) is 3.04.